The normalized spacial score (nSPS) is 12.1. The van der Waals surface area contributed by atoms with Crippen molar-refractivity contribution < 1.29 is 17.2 Å². The first kappa shape index (κ1) is 12.7. The Morgan fingerprint density at radius 2 is 2.07 bits per heavy atom. The molecule has 4 nitrogen and oxygen atoms in total. The molecule has 0 bridgehead atoms. The lowest BCUT2D eigenvalue weighted by atomic mass is 10.2. The molecule has 1 rings (SSSR count). The average molecular weight is 348 g/mol. The van der Waals surface area contributed by atoms with Crippen molar-refractivity contribution in [1.29, 1.82) is 0 Å². The molecule has 8 heteroatoms. The SMILES string of the molecule is Cc1cc(C(F)F)c(I)c(S(N)(=O)=O)n1. The highest BCUT2D eigenvalue weighted by Gasteiger charge is 2.22. The summed E-state index contributed by atoms with van der Waals surface area (Å²) in [5.41, 5.74) is -0.179. The maximum absolute atomic E-state index is 12.5. The van der Waals surface area contributed by atoms with Crippen LogP contribution in [0.25, 0.3) is 0 Å². The Balaban J connectivity index is 3.56. The topological polar surface area (TPSA) is 73.1 Å². The van der Waals surface area contributed by atoms with E-state index >= 15 is 0 Å². The van der Waals surface area contributed by atoms with E-state index in [1.165, 1.54) is 29.5 Å². The van der Waals surface area contributed by atoms with Crippen LogP contribution >= 0.6 is 22.6 Å². The number of alkyl halides is 2. The number of hydrogen-bond acceptors (Lipinski definition) is 3. The molecule has 0 amide bonds. The predicted octanol–water partition coefficient (Wildman–Crippen LogP) is 1.58. The fourth-order valence-electron chi connectivity index (χ4n) is 1.00. The highest BCUT2D eigenvalue weighted by atomic mass is 127. The molecule has 0 aliphatic heterocycles. The lowest BCUT2D eigenvalue weighted by molar-refractivity contribution is 0.149. The van der Waals surface area contributed by atoms with Gasteiger partial charge in [-0.2, -0.15) is 0 Å². The minimum absolute atomic E-state index is 0.129. The maximum Gasteiger partial charge on any atom is 0.265 e. The second-order valence-electron chi connectivity index (χ2n) is 2.82. The lowest BCUT2D eigenvalue weighted by Crippen LogP contribution is -2.17. The fraction of sp³-hybridized carbons (Fsp3) is 0.286. The predicted molar refractivity (Wildman–Crippen MR) is 58.0 cm³/mol. The van der Waals surface area contributed by atoms with E-state index in [2.05, 4.69) is 4.98 Å². The van der Waals surface area contributed by atoms with Gasteiger partial charge in [0.05, 0.1) is 3.57 Å². The van der Waals surface area contributed by atoms with Gasteiger partial charge in [0.1, 0.15) is 0 Å². The number of nitrogens with zero attached hydrogens (tertiary/aromatic N) is 1. The Kier molecular flexibility index (Phi) is 3.61. The van der Waals surface area contributed by atoms with Gasteiger partial charge in [-0.1, -0.05) is 0 Å². The molecule has 0 radical (unpaired) electrons. The molecule has 0 aliphatic carbocycles. The number of rotatable bonds is 2. The van der Waals surface area contributed by atoms with E-state index in [1.807, 2.05) is 0 Å². The molecule has 0 atom stereocenters. The minimum Gasteiger partial charge on any atom is -0.239 e. The molecule has 0 saturated carbocycles. The molecule has 0 spiro atoms. The summed E-state index contributed by atoms with van der Waals surface area (Å²) in [6.45, 7) is 1.43. The van der Waals surface area contributed by atoms with Crippen LogP contribution in [0.15, 0.2) is 11.1 Å². The summed E-state index contributed by atoms with van der Waals surface area (Å²) in [7, 11) is -4.06. The number of hydrogen-bond donors (Lipinski definition) is 1. The zero-order chi connectivity index (χ0) is 11.8. The minimum atomic E-state index is -4.06. The van der Waals surface area contributed by atoms with Crippen molar-refractivity contribution in [2.24, 2.45) is 5.14 Å². The molecule has 0 saturated heterocycles. The van der Waals surface area contributed by atoms with E-state index in [9.17, 15) is 17.2 Å². The van der Waals surface area contributed by atoms with Gasteiger partial charge in [0.2, 0.25) is 0 Å². The number of nitrogens with two attached hydrogens (primary N) is 1. The van der Waals surface area contributed by atoms with E-state index in [4.69, 9.17) is 5.14 Å². The van der Waals surface area contributed by atoms with E-state index in [0.29, 0.717) is 0 Å². The molecule has 0 aliphatic rings. The van der Waals surface area contributed by atoms with Crippen LogP contribution in [0.3, 0.4) is 0 Å². The van der Waals surface area contributed by atoms with Gasteiger partial charge in [-0.05, 0) is 35.6 Å². The summed E-state index contributed by atoms with van der Waals surface area (Å²) < 4.78 is 47.0. The first-order valence-corrected chi connectivity index (χ1v) is 6.34. The van der Waals surface area contributed by atoms with Crippen LogP contribution in [-0.2, 0) is 10.0 Å². The molecule has 0 aromatic carbocycles. The van der Waals surface area contributed by atoms with Crippen molar-refractivity contribution >= 4 is 32.6 Å². The summed E-state index contributed by atoms with van der Waals surface area (Å²) in [5, 5.41) is 4.35. The number of aromatic nitrogens is 1. The van der Waals surface area contributed by atoms with Crippen LogP contribution in [0.2, 0.25) is 0 Å². The third-order valence-corrected chi connectivity index (χ3v) is 3.92. The first-order valence-electron chi connectivity index (χ1n) is 3.71. The van der Waals surface area contributed by atoms with Crippen molar-refractivity contribution in [3.63, 3.8) is 0 Å². The fourth-order valence-corrected chi connectivity index (χ4v) is 3.07. The highest BCUT2D eigenvalue weighted by Crippen LogP contribution is 2.28. The molecule has 15 heavy (non-hydrogen) atoms. The van der Waals surface area contributed by atoms with Crippen molar-refractivity contribution in [2.45, 2.75) is 18.4 Å². The van der Waals surface area contributed by atoms with Gasteiger partial charge in [0, 0.05) is 11.3 Å². The van der Waals surface area contributed by atoms with Crippen molar-refractivity contribution in [2.75, 3.05) is 0 Å². The molecule has 1 aromatic heterocycles. The Morgan fingerprint density at radius 3 is 2.47 bits per heavy atom. The van der Waals surface area contributed by atoms with Crippen LogP contribution in [0, 0.1) is 10.5 Å². The third-order valence-electron chi connectivity index (χ3n) is 1.59. The van der Waals surface area contributed by atoms with E-state index in [-0.39, 0.29) is 14.8 Å². The number of primary sulfonamides is 1. The van der Waals surface area contributed by atoms with Crippen LogP contribution < -0.4 is 5.14 Å². The molecule has 1 heterocycles. The second kappa shape index (κ2) is 4.26. The van der Waals surface area contributed by atoms with Crippen LogP contribution in [0.1, 0.15) is 17.7 Å². The lowest BCUT2D eigenvalue weighted by Gasteiger charge is -2.08. The number of sulfonamides is 1. The monoisotopic (exact) mass is 348 g/mol. The third kappa shape index (κ3) is 2.82. The molecule has 2 N–H and O–H groups in total. The molecular formula is C7H7F2IN2O2S. The van der Waals surface area contributed by atoms with E-state index < -0.39 is 21.5 Å². The summed E-state index contributed by atoms with van der Waals surface area (Å²) >= 11 is 1.50. The second-order valence-corrected chi connectivity index (χ2v) is 5.37. The van der Waals surface area contributed by atoms with Gasteiger partial charge < -0.3 is 0 Å². The van der Waals surface area contributed by atoms with Gasteiger partial charge >= 0.3 is 0 Å². The largest absolute Gasteiger partial charge is 0.265 e. The van der Waals surface area contributed by atoms with Gasteiger partial charge in [-0.15, -0.1) is 0 Å². The van der Waals surface area contributed by atoms with Gasteiger partial charge in [-0.3, -0.25) is 0 Å². The van der Waals surface area contributed by atoms with Crippen LogP contribution in [0.4, 0.5) is 8.78 Å². The standard InChI is InChI=1S/C7H7F2IN2O2S/c1-3-2-4(6(8)9)5(10)7(12-3)15(11,13)14/h2,6H,1H3,(H2,11,13,14). The summed E-state index contributed by atoms with van der Waals surface area (Å²) in [4.78, 5) is 3.63. The first-order chi connectivity index (χ1) is 6.73. The molecule has 84 valence electrons. The Hall–Kier alpha value is -0.350. The quantitative estimate of drug-likeness (QED) is 0.825. The van der Waals surface area contributed by atoms with Gasteiger partial charge in [-0.25, -0.2) is 27.3 Å². The zero-order valence-electron chi connectivity index (χ0n) is 7.54. The number of halogens is 3. The number of pyridine rings is 1. The number of aryl methyl sites for hydroxylation is 1. The highest BCUT2D eigenvalue weighted by molar-refractivity contribution is 14.1. The molecule has 1 aromatic rings. The zero-order valence-corrected chi connectivity index (χ0v) is 10.5. The van der Waals surface area contributed by atoms with Gasteiger partial charge in [0.15, 0.2) is 5.03 Å². The summed E-state index contributed by atoms with van der Waals surface area (Å²) in [6, 6.07) is 1.14. The van der Waals surface area contributed by atoms with Crippen LogP contribution in [-0.4, -0.2) is 13.4 Å². The molecule has 0 unspecified atom stereocenters. The van der Waals surface area contributed by atoms with E-state index in [1.54, 1.807) is 0 Å². The smallest absolute Gasteiger partial charge is 0.239 e. The Labute approximate surface area is 99.1 Å². The molecule has 0 fully saturated rings. The van der Waals surface area contributed by atoms with E-state index in [0.717, 1.165) is 6.07 Å². The average Bonchev–Trinajstić information content (AvgIpc) is 2.06. The summed E-state index contributed by atoms with van der Waals surface area (Å²) in [6.07, 6.45) is -2.75. The molecular weight excluding hydrogens is 341 g/mol. The van der Waals surface area contributed by atoms with Gasteiger partial charge in [0.25, 0.3) is 16.4 Å². The Bertz CT molecular complexity index is 490. The van der Waals surface area contributed by atoms with Crippen molar-refractivity contribution in [3.8, 4) is 0 Å². The summed E-state index contributed by atoms with van der Waals surface area (Å²) in [5.74, 6) is 0. The Morgan fingerprint density at radius 1 is 1.53 bits per heavy atom. The van der Waals surface area contributed by atoms with Crippen molar-refractivity contribution in [3.05, 3.63) is 20.9 Å². The maximum atomic E-state index is 12.5. The van der Waals surface area contributed by atoms with Crippen molar-refractivity contribution in [1.82, 2.24) is 4.98 Å². The van der Waals surface area contributed by atoms with Crippen LogP contribution in [0.5, 0.6) is 0 Å².